The Labute approximate surface area is 116 Å². The maximum Gasteiger partial charge on any atom is 0.270 e. The van der Waals surface area contributed by atoms with E-state index in [0.717, 1.165) is 6.92 Å². The van der Waals surface area contributed by atoms with Gasteiger partial charge in [-0.3, -0.25) is 0 Å². The second-order valence-corrected chi connectivity index (χ2v) is 7.73. The molecule has 0 unspecified atom stereocenters. The first-order chi connectivity index (χ1) is 8.51. The lowest BCUT2D eigenvalue weighted by Gasteiger charge is -2.26. The van der Waals surface area contributed by atoms with Gasteiger partial charge in [-0.25, -0.2) is 8.78 Å². The highest BCUT2D eigenvalue weighted by atomic mass is 32.2. The summed E-state index contributed by atoms with van der Waals surface area (Å²) in [6.45, 7) is 8.27. The van der Waals surface area contributed by atoms with Gasteiger partial charge in [-0.15, -0.1) is 4.72 Å². The molecular weight excluding hydrogens is 268 g/mol. The highest BCUT2D eigenvalue weighted by molar-refractivity contribution is 7.90. The first-order valence-electron chi connectivity index (χ1n) is 6.18. The Morgan fingerprint density at radius 3 is 2.26 bits per heavy atom. The summed E-state index contributed by atoms with van der Waals surface area (Å²) in [4.78, 5) is 0. The topological polar surface area (TPSA) is 35.1 Å². The van der Waals surface area contributed by atoms with Gasteiger partial charge in [0.05, 0.1) is 6.04 Å². The molecule has 1 N–H and O–H groups in total. The van der Waals surface area contributed by atoms with Crippen LogP contribution >= 0.6 is 0 Å². The minimum absolute atomic E-state index is 0.0276. The average molecular weight is 289 g/mol. The smallest absolute Gasteiger partial charge is 0.270 e. The van der Waals surface area contributed by atoms with E-state index in [9.17, 15) is 13.3 Å². The van der Waals surface area contributed by atoms with Crippen molar-refractivity contribution in [2.24, 2.45) is 0 Å². The number of alkyl halides is 2. The van der Waals surface area contributed by atoms with E-state index in [2.05, 4.69) is 4.72 Å². The highest BCUT2D eigenvalue weighted by Gasteiger charge is 2.29. The van der Waals surface area contributed by atoms with Gasteiger partial charge in [0.2, 0.25) is 0 Å². The zero-order valence-corrected chi connectivity index (χ0v) is 12.8. The summed E-state index contributed by atoms with van der Waals surface area (Å²) in [6, 6.07) is 5.96. The molecule has 0 aromatic heterocycles. The lowest BCUT2D eigenvalue weighted by atomic mass is 10.0. The molecule has 0 bridgehead atoms. The SMILES string of the molecule is C[C@@H](N[S@+]([O-])C(C)(C)C)c1cccc(C(C)(F)F)c1. The van der Waals surface area contributed by atoms with Crippen molar-refractivity contribution in [1.29, 1.82) is 0 Å². The molecule has 0 spiro atoms. The van der Waals surface area contributed by atoms with Crippen molar-refractivity contribution < 1.29 is 13.3 Å². The molecule has 2 atom stereocenters. The second kappa shape index (κ2) is 5.77. The van der Waals surface area contributed by atoms with Gasteiger partial charge < -0.3 is 4.55 Å². The van der Waals surface area contributed by atoms with E-state index in [4.69, 9.17) is 0 Å². The number of hydrogen-bond donors (Lipinski definition) is 1. The molecule has 0 amide bonds. The Balaban J connectivity index is 2.86. The fraction of sp³-hybridized carbons (Fsp3) is 0.571. The Hall–Kier alpha value is -0.650. The quantitative estimate of drug-likeness (QED) is 0.853. The Kier molecular flexibility index (Phi) is 4.98. The van der Waals surface area contributed by atoms with Crippen molar-refractivity contribution in [3.63, 3.8) is 0 Å². The molecule has 0 radical (unpaired) electrons. The third-order valence-corrected chi connectivity index (χ3v) is 4.41. The van der Waals surface area contributed by atoms with E-state index in [1.807, 2.05) is 27.7 Å². The lowest BCUT2D eigenvalue weighted by molar-refractivity contribution is 0.0174. The average Bonchev–Trinajstić information content (AvgIpc) is 2.26. The van der Waals surface area contributed by atoms with Crippen molar-refractivity contribution in [3.8, 4) is 0 Å². The number of benzene rings is 1. The predicted molar refractivity (Wildman–Crippen MR) is 75.5 cm³/mol. The number of rotatable bonds is 4. The number of halogens is 2. The van der Waals surface area contributed by atoms with Gasteiger partial charge in [0.1, 0.15) is 4.75 Å². The van der Waals surface area contributed by atoms with E-state index in [1.54, 1.807) is 12.1 Å². The van der Waals surface area contributed by atoms with Crippen LogP contribution in [-0.4, -0.2) is 9.30 Å². The van der Waals surface area contributed by atoms with E-state index in [1.165, 1.54) is 12.1 Å². The molecule has 108 valence electrons. The van der Waals surface area contributed by atoms with Crippen LogP contribution in [0.4, 0.5) is 8.78 Å². The van der Waals surface area contributed by atoms with Gasteiger partial charge >= 0.3 is 0 Å². The van der Waals surface area contributed by atoms with Crippen molar-refractivity contribution in [2.45, 2.75) is 51.3 Å². The van der Waals surface area contributed by atoms with Crippen LogP contribution in [0.5, 0.6) is 0 Å². The van der Waals surface area contributed by atoms with E-state index in [-0.39, 0.29) is 16.4 Å². The van der Waals surface area contributed by atoms with Crippen molar-refractivity contribution >= 4 is 11.4 Å². The normalized spacial score (nSPS) is 16.2. The molecule has 5 heteroatoms. The third kappa shape index (κ3) is 4.75. The van der Waals surface area contributed by atoms with Crippen LogP contribution < -0.4 is 4.72 Å². The molecule has 1 aromatic carbocycles. The van der Waals surface area contributed by atoms with Gasteiger partial charge in [0, 0.05) is 23.8 Å². The molecule has 0 aliphatic heterocycles. The Morgan fingerprint density at radius 2 is 1.79 bits per heavy atom. The molecule has 1 rings (SSSR count). The summed E-state index contributed by atoms with van der Waals surface area (Å²) in [5.74, 6) is -2.86. The van der Waals surface area contributed by atoms with Gasteiger partial charge in [-0.2, -0.15) is 0 Å². The van der Waals surface area contributed by atoms with Gasteiger partial charge in [0.15, 0.2) is 0 Å². The number of nitrogens with one attached hydrogen (secondary N) is 1. The molecule has 0 heterocycles. The molecule has 19 heavy (non-hydrogen) atoms. The summed E-state index contributed by atoms with van der Waals surface area (Å²) < 4.78 is 41.1. The summed E-state index contributed by atoms with van der Waals surface area (Å²) >= 11 is -1.23. The standard InChI is InChI=1S/C14H21F2NOS/c1-10(17-19(18)13(2,3)4)11-7-6-8-12(9-11)14(5,15)16/h6-10,17H,1-5H3/t10-,19-/m1/s1. The van der Waals surface area contributed by atoms with Crippen LogP contribution in [0.25, 0.3) is 0 Å². The Bertz CT molecular complexity index is 426. The van der Waals surface area contributed by atoms with Crippen molar-refractivity contribution in [3.05, 3.63) is 35.4 Å². The second-order valence-electron chi connectivity index (χ2n) is 5.73. The minimum atomic E-state index is -2.86. The number of hydrogen-bond acceptors (Lipinski definition) is 2. The fourth-order valence-electron chi connectivity index (χ4n) is 1.49. The van der Waals surface area contributed by atoms with Gasteiger partial charge in [0.25, 0.3) is 5.92 Å². The molecule has 0 saturated carbocycles. The van der Waals surface area contributed by atoms with E-state index in [0.29, 0.717) is 5.56 Å². The summed E-state index contributed by atoms with van der Waals surface area (Å²) in [6.07, 6.45) is 0. The molecule has 0 aliphatic carbocycles. The molecule has 1 aromatic rings. The summed E-state index contributed by atoms with van der Waals surface area (Å²) in [7, 11) is 0. The van der Waals surface area contributed by atoms with Crippen LogP contribution in [-0.2, 0) is 17.3 Å². The summed E-state index contributed by atoms with van der Waals surface area (Å²) in [5, 5.41) is 0. The van der Waals surface area contributed by atoms with Crippen LogP contribution in [0.1, 0.15) is 51.8 Å². The maximum atomic E-state index is 13.3. The molecule has 0 fully saturated rings. The predicted octanol–water partition coefficient (Wildman–Crippen LogP) is 3.91. The zero-order chi connectivity index (χ0) is 14.8. The van der Waals surface area contributed by atoms with Crippen LogP contribution in [0.2, 0.25) is 0 Å². The first kappa shape index (κ1) is 16.4. The largest absolute Gasteiger partial charge is 0.598 e. The van der Waals surface area contributed by atoms with Crippen molar-refractivity contribution in [2.75, 3.05) is 0 Å². The monoisotopic (exact) mass is 289 g/mol. The third-order valence-electron chi connectivity index (χ3n) is 2.73. The molecular formula is C14H21F2NOS. The van der Waals surface area contributed by atoms with Crippen LogP contribution in [0.3, 0.4) is 0 Å². The fourth-order valence-corrected chi connectivity index (χ4v) is 2.30. The molecule has 2 nitrogen and oxygen atoms in total. The van der Waals surface area contributed by atoms with Gasteiger partial charge in [-0.1, -0.05) is 18.2 Å². The van der Waals surface area contributed by atoms with E-state index < -0.39 is 17.3 Å². The first-order valence-corrected chi connectivity index (χ1v) is 7.33. The highest BCUT2D eigenvalue weighted by Crippen LogP contribution is 2.29. The molecule has 0 saturated heterocycles. The Morgan fingerprint density at radius 1 is 1.21 bits per heavy atom. The minimum Gasteiger partial charge on any atom is -0.598 e. The zero-order valence-electron chi connectivity index (χ0n) is 12.0. The van der Waals surface area contributed by atoms with Crippen molar-refractivity contribution in [1.82, 2.24) is 4.72 Å². The van der Waals surface area contributed by atoms with Gasteiger partial charge in [-0.05, 0) is 39.3 Å². The van der Waals surface area contributed by atoms with E-state index >= 15 is 0 Å². The molecule has 0 aliphatic rings. The summed E-state index contributed by atoms with van der Waals surface area (Å²) in [5.41, 5.74) is 0.678. The lowest BCUT2D eigenvalue weighted by Crippen LogP contribution is -2.40. The van der Waals surface area contributed by atoms with Crippen LogP contribution in [0, 0.1) is 0 Å². The maximum absolute atomic E-state index is 13.3. The van der Waals surface area contributed by atoms with Crippen LogP contribution in [0.15, 0.2) is 24.3 Å².